The third-order valence-electron chi connectivity index (χ3n) is 1.51. The van der Waals surface area contributed by atoms with Gasteiger partial charge in [-0.3, -0.25) is 0 Å². The third-order valence-corrected chi connectivity index (χ3v) is 13.6. The van der Waals surface area contributed by atoms with E-state index in [2.05, 4.69) is 0 Å². The van der Waals surface area contributed by atoms with Gasteiger partial charge in [-0.1, -0.05) is 26.2 Å². The van der Waals surface area contributed by atoms with E-state index in [4.69, 9.17) is 27.2 Å². The van der Waals surface area contributed by atoms with Crippen LogP contribution in [-0.4, -0.2) is 48.4 Å². The second-order valence-corrected chi connectivity index (χ2v) is 20.8. The summed E-state index contributed by atoms with van der Waals surface area (Å²) in [5, 5.41) is 0. The number of hydrogen-bond donors (Lipinski definition) is 0. The lowest BCUT2D eigenvalue weighted by molar-refractivity contribution is 0.336. The topological polar surface area (TPSA) is 27.7 Å². The summed E-state index contributed by atoms with van der Waals surface area (Å²) in [5.41, 5.74) is 0. The summed E-state index contributed by atoms with van der Waals surface area (Å²) < 4.78 is 18.0. The molecule has 0 amide bonds. The molecule has 0 heterocycles. The molecule has 0 aliphatic rings. The molecule has 0 rings (SSSR count). The molecule has 0 aromatic heterocycles. The van der Waals surface area contributed by atoms with Crippen LogP contribution in [-0.2, 0) is 12.3 Å². The highest BCUT2D eigenvalue weighted by Gasteiger charge is 2.40. The van der Waals surface area contributed by atoms with Crippen molar-refractivity contribution in [2.24, 2.45) is 0 Å². The van der Waals surface area contributed by atoms with Crippen LogP contribution in [0.5, 0.6) is 0 Å². The first-order valence-corrected chi connectivity index (χ1v) is 17.4. The predicted molar refractivity (Wildman–Crippen MR) is 84.7 cm³/mol. The van der Waals surface area contributed by atoms with E-state index in [9.17, 15) is 0 Å². The van der Waals surface area contributed by atoms with Gasteiger partial charge in [-0.2, -0.15) is 0 Å². The van der Waals surface area contributed by atoms with Gasteiger partial charge in [0.25, 0.3) is 0 Å². The quantitative estimate of drug-likeness (QED) is 0.704. The Labute approximate surface area is 113 Å². The smallest absolute Gasteiger partial charge is 0.312 e. The van der Waals surface area contributed by atoms with Gasteiger partial charge in [-0.25, -0.2) is 0 Å². The fourth-order valence-electron chi connectivity index (χ4n) is 1.90. The van der Waals surface area contributed by atoms with Crippen LogP contribution in [0.25, 0.3) is 0 Å². The zero-order chi connectivity index (χ0) is 14.1. The summed E-state index contributed by atoms with van der Waals surface area (Å²) in [7, 11) is 3.39. The maximum absolute atomic E-state index is 6.12. The molecule has 0 N–H and O–H groups in total. The van der Waals surface area contributed by atoms with E-state index in [1.54, 1.807) is 0 Å². The summed E-state index contributed by atoms with van der Waals surface area (Å²) in [4.78, 5) is 0. The molecule has 0 atom stereocenters. The molecule has 3 nitrogen and oxygen atoms in total. The molecule has 0 bridgehead atoms. The molecule has 0 saturated carbocycles. The van der Waals surface area contributed by atoms with Crippen molar-refractivity contribution in [3.63, 3.8) is 0 Å². The van der Waals surface area contributed by atoms with Gasteiger partial charge in [0.05, 0.1) is 14.9 Å². The Balaban J connectivity index is 4.59. The first-order chi connectivity index (χ1) is 7.12. The number of hydrogen-bond acceptors (Lipinski definition) is 3. The molecule has 0 aromatic carbocycles. The molecule has 0 spiro atoms. The fraction of sp³-hybridized carbons (Fsp3) is 1.00. The van der Waals surface area contributed by atoms with Crippen molar-refractivity contribution in [3.8, 4) is 0 Å². The highest BCUT2D eigenvalue weighted by Crippen LogP contribution is 2.21. The summed E-state index contributed by atoms with van der Waals surface area (Å²) >= 11 is 0. The van der Waals surface area contributed by atoms with Crippen LogP contribution in [0.2, 0.25) is 52.4 Å². The van der Waals surface area contributed by atoms with Crippen LogP contribution in [0.1, 0.15) is 0 Å². The Morgan fingerprint density at radius 3 is 0.941 bits per heavy atom. The number of rotatable bonds is 6. The van der Waals surface area contributed by atoms with Crippen molar-refractivity contribution in [2.45, 2.75) is 52.4 Å². The molecule has 0 fully saturated rings. The average molecular weight is 302 g/mol. The van der Waals surface area contributed by atoms with Crippen molar-refractivity contribution in [1.82, 2.24) is 0 Å². The Hall–Kier alpha value is 0.877. The molecule has 96 valence electrons. The van der Waals surface area contributed by atoms with Crippen LogP contribution in [0, 0.1) is 0 Å². The second-order valence-electron chi connectivity index (χ2n) is 6.31. The average Bonchev–Trinajstić information content (AvgIpc) is 1.65. The maximum atomic E-state index is 6.12. The normalized spacial score (nSPS) is 15.1. The van der Waals surface area contributed by atoms with Crippen LogP contribution in [0.3, 0.4) is 0 Å². The van der Waals surface area contributed by atoms with Gasteiger partial charge in [0.2, 0.25) is 0 Å². The molecule has 9 heteroatoms. The largest absolute Gasteiger partial charge is 0.445 e. The van der Waals surface area contributed by atoms with Crippen LogP contribution in [0.4, 0.5) is 0 Å². The zero-order valence-corrected chi connectivity index (χ0v) is 16.4. The van der Waals surface area contributed by atoms with Crippen molar-refractivity contribution < 1.29 is 12.3 Å². The van der Waals surface area contributed by atoms with Gasteiger partial charge in [0.1, 0.15) is 16.4 Å². The van der Waals surface area contributed by atoms with Crippen LogP contribution < -0.4 is 0 Å². The Morgan fingerprint density at radius 2 is 0.765 bits per heavy atom. The van der Waals surface area contributed by atoms with E-state index >= 15 is 0 Å². The third kappa shape index (κ3) is 10.5. The molecule has 0 aromatic rings. The van der Waals surface area contributed by atoms with Crippen molar-refractivity contribution in [2.75, 3.05) is 0 Å². The van der Waals surface area contributed by atoms with Crippen LogP contribution >= 0.6 is 0 Å². The molecule has 4 radical (unpaired) electrons. The molecule has 0 aliphatic carbocycles. The highest BCUT2D eigenvalue weighted by molar-refractivity contribution is 7.15. The zero-order valence-electron chi connectivity index (χ0n) is 12.4. The molecule has 0 saturated heterocycles. The van der Waals surface area contributed by atoms with Gasteiger partial charge in [0, 0.05) is 0 Å². The minimum absolute atomic E-state index is 1.96. The lowest BCUT2D eigenvalue weighted by Crippen LogP contribution is -2.56. The molecule has 0 aliphatic heterocycles. The molecule has 17 heavy (non-hydrogen) atoms. The maximum Gasteiger partial charge on any atom is 0.312 e. The first kappa shape index (κ1) is 17.9. The summed E-state index contributed by atoms with van der Waals surface area (Å²) in [6.45, 7) is 15.9. The van der Waals surface area contributed by atoms with E-state index in [0.717, 1.165) is 0 Å². The van der Waals surface area contributed by atoms with Gasteiger partial charge >= 0.3 is 17.1 Å². The van der Waals surface area contributed by atoms with Crippen LogP contribution in [0.15, 0.2) is 0 Å². The predicted octanol–water partition coefficient (Wildman–Crippen LogP) is 2.18. The SMILES string of the molecule is [B][Si](C)(C)O[Si](C)(C)O[Si](C)(C)O[Si]([B])(C)C. The van der Waals surface area contributed by atoms with E-state index < -0.39 is 33.5 Å². The monoisotopic (exact) mass is 302 g/mol. The standard InChI is InChI=1S/C8H24B2O3Si4/c1-14(2,9)11-16(5,6)13-17(7,8)12-15(3,4)10/h1-8H3. The van der Waals surface area contributed by atoms with Gasteiger partial charge in [0.15, 0.2) is 0 Å². The van der Waals surface area contributed by atoms with Gasteiger partial charge < -0.3 is 12.3 Å². The van der Waals surface area contributed by atoms with Crippen molar-refractivity contribution in [3.05, 3.63) is 0 Å². The van der Waals surface area contributed by atoms with Gasteiger partial charge in [-0.05, 0) is 26.2 Å². The molecular formula is C8H24B2O3Si4. The van der Waals surface area contributed by atoms with E-state index in [0.29, 0.717) is 0 Å². The van der Waals surface area contributed by atoms with Gasteiger partial charge in [-0.15, -0.1) is 0 Å². The van der Waals surface area contributed by atoms with E-state index in [1.165, 1.54) is 0 Å². The molecular weight excluding hydrogens is 278 g/mol. The lowest BCUT2D eigenvalue weighted by Gasteiger charge is -2.40. The minimum Gasteiger partial charge on any atom is -0.445 e. The summed E-state index contributed by atoms with van der Waals surface area (Å²) in [6, 6.07) is 0. The van der Waals surface area contributed by atoms with Crippen molar-refractivity contribution in [1.29, 1.82) is 0 Å². The minimum atomic E-state index is -2.23. The van der Waals surface area contributed by atoms with E-state index in [1.807, 2.05) is 52.4 Å². The van der Waals surface area contributed by atoms with E-state index in [-0.39, 0.29) is 0 Å². The first-order valence-electron chi connectivity index (χ1n) is 5.80. The molecule has 0 unspecified atom stereocenters. The summed E-state index contributed by atoms with van der Waals surface area (Å²) in [5.74, 6) is 0. The van der Waals surface area contributed by atoms with Crippen molar-refractivity contribution >= 4 is 48.4 Å². The highest BCUT2D eigenvalue weighted by atomic mass is 28.5. The Bertz CT molecular complexity index is 234. The fourth-order valence-corrected chi connectivity index (χ4v) is 17.9. The summed E-state index contributed by atoms with van der Waals surface area (Å²) in [6.07, 6.45) is 0. The second kappa shape index (κ2) is 5.47. The Kier molecular flexibility index (Phi) is 5.76. The Morgan fingerprint density at radius 1 is 0.529 bits per heavy atom. The lowest BCUT2D eigenvalue weighted by atomic mass is 10.7.